The maximum Gasteiger partial charge on any atom is 0.146 e. The second-order valence-corrected chi connectivity index (χ2v) is 4.13. The molecule has 0 amide bonds. The van der Waals surface area contributed by atoms with Gasteiger partial charge < -0.3 is 10.6 Å². The molecule has 1 atom stereocenters. The van der Waals surface area contributed by atoms with Crippen molar-refractivity contribution in [3.05, 3.63) is 29.6 Å². The Bertz CT molecular complexity index is 407. The summed E-state index contributed by atoms with van der Waals surface area (Å²) in [4.78, 5) is 1.86. The van der Waals surface area contributed by atoms with E-state index in [0.29, 0.717) is 12.2 Å². The summed E-state index contributed by atoms with van der Waals surface area (Å²) in [6.45, 7) is 5.04. The van der Waals surface area contributed by atoms with E-state index in [4.69, 9.17) is 12.2 Å². The van der Waals surface area contributed by atoms with E-state index < -0.39 is 0 Å². The van der Waals surface area contributed by atoms with Gasteiger partial charge in [-0.3, -0.25) is 0 Å². The van der Waals surface area contributed by atoms with Crippen LogP contribution < -0.4 is 10.6 Å². The van der Waals surface area contributed by atoms with Crippen molar-refractivity contribution < 1.29 is 4.39 Å². The molecule has 0 radical (unpaired) electrons. The lowest BCUT2D eigenvalue weighted by Gasteiger charge is -2.23. The van der Waals surface area contributed by atoms with Crippen LogP contribution in [-0.4, -0.2) is 13.1 Å². The topological polar surface area (TPSA) is 29.3 Å². The molecule has 92 valence electrons. The fourth-order valence-electron chi connectivity index (χ4n) is 1.73. The largest absolute Gasteiger partial charge is 0.358 e. The smallest absolute Gasteiger partial charge is 0.146 e. The Kier molecular flexibility index (Phi) is 4.99. The van der Waals surface area contributed by atoms with Crippen LogP contribution in [-0.2, 0) is 0 Å². The van der Waals surface area contributed by atoms with Crippen molar-refractivity contribution in [3.8, 4) is 12.3 Å². The third-order valence-corrected chi connectivity index (χ3v) is 2.61. The highest BCUT2D eigenvalue weighted by molar-refractivity contribution is 5.50. The van der Waals surface area contributed by atoms with E-state index >= 15 is 0 Å². The monoisotopic (exact) mass is 234 g/mol. The SMILES string of the molecule is C#CCN(CCC)c1ccc([C@H](C)N)cc1F. The van der Waals surface area contributed by atoms with Gasteiger partial charge >= 0.3 is 0 Å². The predicted octanol–water partition coefficient (Wildman–Crippen LogP) is 2.70. The van der Waals surface area contributed by atoms with Gasteiger partial charge in [-0.05, 0) is 31.0 Å². The summed E-state index contributed by atoms with van der Waals surface area (Å²) < 4.78 is 13.9. The minimum Gasteiger partial charge on any atom is -0.358 e. The Balaban J connectivity index is 3.00. The molecule has 1 aromatic rings. The summed E-state index contributed by atoms with van der Waals surface area (Å²) in [5.41, 5.74) is 7.06. The summed E-state index contributed by atoms with van der Waals surface area (Å²) in [6.07, 6.45) is 6.22. The number of terminal acetylenes is 1. The average molecular weight is 234 g/mol. The van der Waals surface area contributed by atoms with Crippen molar-refractivity contribution in [2.45, 2.75) is 26.3 Å². The quantitative estimate of drug-likeness (QED) is 0.794. The summed E-state index contributed by atoms with van der Waals surface area (Å²) in [6, 6.07) is 4.92. The van der Waals surface area contributed by atoms with Crippen LogP contribution in [0.15, 0.2) is 18.2 Å². The Hall–Kier alpha value is -1.53. The molecule has 1 rings (SSSR count). The van der Waals surface area contributed by atoms with Crippen LogP contribution in [0.2, 0.25) is 0 Å². The number of hydrogen-bond donors (Lipinski definition) is 1. The van der Waals surface area contributed by atoms with Gasteiger partial charge in [-0.25, -0.2) is 4.39 Å². The van der Waals surface area contributed by atoms with E-state index in [0.717, 1.165) is 18.5 Å². The highest BCUT2D eigenvalue weighted by atomic mass is 19.1. The lowest BCUT2D eigenvalue weighted by Crippen LogP contribution is -2.25. The van der Waals surface area contributed by atoms with Crippen molar-refractivity contribution in [1.29, 1.82) is 0 Å². The van der Waals surface area contributed by atoms with Gasteiger partial charge in [0, 0.05) is 12.6 Å². The van der Waals surface area contributed by atoms with Crippen molar-refractivity contribution >= 4 is 5.69 Å². The second kappa shape index (κ2) is 6.27. The first-order chi connectivity index (χ1) is 8.10. The zero-order chi connectivity index (χ0) is 12.8. The Morgan fingerprint density at radius 1 is 1.53 bits per heavy atom. The van der Waals surface area contributed by atoms with E-state index in [1.165, 1.54) is 6.07 Å². The molecular formula is C14H19FN2. The van der Waals surface area contributed by atoms with Crippen molar-refractivity contribution in [1.82, 2.24) is 0 Å². The van der Waals surface area contributed by atoms with Crippen LogP contribution in [0, 0.1) is 18.2 Å². The first-order valence-electron chi connectivity index (χ1n) is 5.83. The molecule has 0 saturated carbocycles. The molecule has 3 heteroatoms. The van der Waals surface area contributed by atoms with Crippen LogP contribution in [0.1, 0.15) is 31.9 Å². The highest BCUT2D eigenvalue weighted by Crippen LogP contribution is 2.22. The van der Waals surface area contributed by atoms with Gasteiger partial charge in [0.1, 0.15) is 5.82 Å². The Morgan fingerprint density at radius 2 is 2.24 bits per heavy atom. The maximum absolute atomic E-state index is 13.9. The third kappa shape index (κ3) is 3.47. The van der Waals surface area contributed by atoms with Crippen molar-refractivity contribution in [3.63, 3.8) is 0 Å². The molecule has 0 spiro atoms. The number of nitrogens with zero attached hydrogens (tertiary/aromatic N) is 1. The summed E-state index contributed by atoms with van der Waals surface area (Å²) in [5.74, 6) is 2.29. The van der Waals surface area contributed by atoms with Gasteiger partial charge in [-0.1, -0.05) is 18.9 Å². The van der Waals surface area contributed by atoms with Gasteiger partial charge in [0.15, 0.2) is 0 Å². The molecule has 0 aliphatic rings. The molecule has 1 aromatic carbocycles. The molecule has 0 fully saturated rings. The minimum atomic E-state index is -0.261. The summed E-state index contributed by atoms with van der Waals surface area (Å²) >= 11 is 0. The average Bonchev–Trinajstić information content (AvgIpc) is 2.28. The standard InChI is InChI=1S/C14H19FN2/c1-4-8-17(9-5-2)14-7-6-12(11(3)16)10-13(14)15/h1,6-7,10-11H,5,8-9,16H2,2-3H3/t11-/m0/s1. The maximum atomic E-state index is 13.9. The number of hydrogen-bond acceptors (Lipinski definition) is 2. The first-order valence-corrected chi connectivity index (χ1v) is 5.83. The van der Waals surface area contributed by atoms with Crippen LogP contribution in [0.3, 0.4) is 0 Å². The van der Waals surface area contributed by atoms with E-state index in [9.17, 15) is 4.39 Å². The molecule has 0 saturated heterocycles. The zero-order valence-electron chi connectivity index (χ0n) is 10.4. The van der Waals surface area contributed by atoms with E-state index in [1.54, 1.807) is 6.07 Å². The number of rotatable bonds is 5. The van der Waals surface area contributed by atoms with Crippen molar-refractivity contribution in [2.24, 2.45) is 5.73 Å². The van der Waals surface area contributed by atoms with E-state index in [1.807, 2.05) is 24.8 Å². The lowest BCUT2D eigenvalue weighted by molar-refractivity contribution is 0.614. The normalized spacial score (nSPS) is 11.9. The van der Waals surface area contributed by atoms with Crippen LogP contribution in [0.25, 0.3) is 0 Å². The molecule has 0 aliphatic heterocycles. The third-order valence-electron chi connectivity index (χ3n) is 2.61. The first kappa shape index (κ1) is 13.5. The summed E-state index contributed by atoms with van der Waals surface area (Å²) in [7, 11) is 0. The zero-order valence-corrected chi connectivity index (χ0v) is 10.4. The van der Waals surface area contributed by atoms with Crippen LogP contribution >= 0.6 is 0 Å². The number of anilines is 1. The highest BCUT2D eigenvalue weighted by Gasteiger charge is 2.11. The Labute approximate surface area is 103 Å². The summed E-state index contributed by atoms with van der Waals surface area (Å²) in [5, 5.41) is 0. The fourth-order valence-corrected chi connectivity index (χ4v) is 1.73. The number of benzene rings is 1. The molecule has 0 heterocycles. The van der Waals surface area contributed by atoms with Gasteiger partial charge in [-0.2, -0.15) is 0 Å². The van der Waals surface area contributed by atoms with E-state index in [-0.39, 0.29) is 11.9 Å². The molecule has 0 aromatic heterocycles. The van der Waals surface area contributed by atoms with Gasteiger partial charge in [-0.15, -0.1) is 6.42 Å². The molecule has 0 unspecified atom stereocenters. The van der Waals surface area contributed by atoms with Gasteiger partial charge in [0.2, 0.25) is 0 Å². The van der Waals surface area contributed by atoms with E-state index in [2.05, 4.69) is 5.92 Å². The van der Waals surface area contributed by atoms with Crippen LogP contribution in [0.4, 0.5) is 10.1 Å². The molecule has 0 aliphatic carbocycles. The molecule has 2 N–H and O–H groups in total. The number of nitrogens with two attached hydrogens (primary N) is 1. The van der Waals surface area contributed by atoms with Crippen molar-refractivity contribution in [2.75, 3.05) is 18.0 Å². The number of halogens is 1. The predicted molar refractivity (Wildman–Crippen MR) is 70.3 cm³/mol. The van der Waals surface area contributed by atoms with Gasteiger partial charge in [0.25, 0.3) is 0 Å². The van der Waals surface area contributed by atoms with Gasteiger partial charge in [0.05, 0.1) is 12.2 Å². The molecule has 0 bridgehead atoms. The molecule has 17 heavy (non-hydrogen) atoms. The Morgan fingerprint density at radius 3 is 2.71 bits per heavy atom. The van der Waals surface area contributed by atoms with Crippen LogP contribution in [0.5, 0.6) is 0 Å². The fraction of sp³-hybridized carbons (Fsp3) is 0.429. The lowest BCUT2D eigenvalue weighted by atomic mass is 10.1. The molecule has 2 nitrogen and oxygen atoms in total. The second-order valence-electron chi connectivity index (χ2n) is 4.13. The molecular weight excluding hydrogens is 215 g/mol. The minimum absolute atomic E-state index is 0.161.